The van der Waals surface area contributed by atoms with Crippen LogP contribution >= 0.6 is 0 Å². The number of hydrogen-bond donors (Lipinski definition) is 0. The molecular weight excluding hydrogens is 312 g/mol. The fourth-order valence-electron chi connectivity index (χ4n) is 4.67. The lowest BCUT2D eigenvalue weighted by Gasteiger charge is -2.13. The van der Waals surface area contributed by atoms with Gasteiger partial charge in [0, 0.05) is 6.42 Å². The molecule has 3 rings (SSSR count). The Morgan fingerprint density at radius 1 is 0.423 bits per heavy atom. The van der Waals surface area contributed by atoms with E-state index in [9.17, 15) is 0 Å². The van der Waals surface area contributed by atoms with Crippen LogP contribution in [0.25, 0.3) is 6.08 Å². The minimum atomic E-state index is 1.29. The lowest BCUT2D eigenvalue weighted by Crippen LogP contribution is -1.98. The number of hydrogen-bond acceptors (Lipinski definition) is 0. The van der Waals surface area contributed by atoms with E-state index in [1.807, 2.05) is 0 Å². The predicted molar refractivity (Wildman–Crippen MR) is 116 cm³/mol. The van der Waals surface area contributed by atoms with Crippen molar-refractivity contribution in [3.63, 3.8) is 0 Å². The van der Waals surface area contributed by atoms with Crippen molar-refractivity contribution in [1.29, 1.82) is 0 Å². The molecule has 1 aromatic rings. The van der Waals surface area contributed by atoms with E-state index >= 15 is 0 Å². The molecule has 0 unspecified atom stereocenters. The van der Waals surface area contributed by atoms with Crippen LogP contribution in [0.4, 0.5) is 0 Å². The van der Waals surface area contributed by atoms with E-state index in [2.05, 4.69) is 30.7 Å². The maximum atomic E-state index is 2.49. The van der Waals surface area contributed by atoms with E-state index in [0.717, 1.165) is 0 Å². The number of benzene rings is 1. The van der Waals surface area contributed by atoms with E-state index in [1.54, 1.807) is 11.1 Å². The Morgan fingerprint density at radius 2 is 0.808 bits per heavy atom. The molecular formula is C26H39. The summed E-state index contributed by atoms with van der Waals surface area (Å²) in [6.07, 6.45) is 31.0. The van der Waals surface area contributed by atoms with E-state index in [0.29, 0.717) is 0 Å². The third kappa shape index (κ3) is 6.60. The molecule has 1 radical (unpaired) electrons. The largest absolute Gasteiger partial charge is 0.0755 e. The topological polar surface area (TPSA) is 0 Å². The lowest BCUT2D eigenvalue weighted by atomic mass is 9.92. The van der Waals surface area contributed by atoms with Crippen LogP contribution in [0.2, 0.25) is 0 Å². The highest BCUT2D eigenvalue weighted by molar-refractivity contribution is 5.66. The van der Waals surface area contributed by atoms with Crippen LogP contribution in [-0.2, 0) is 12.8 Å². The zero-order chi connectivity index (χ0) is 17.9. The third-order valence-electron chi connectivity index (χ3n) is 6.35. The molecule has 0 amide bonds. The number of fused-ring (bicyclic) bond motifs is 2. The molecule has 0 saturated heterocycles. The molecule has 143 valence electrons. The molecule has 0 aromatic heterocycles. The first-order valence-electron chi connectivity index (χ1n) is 11.6. The highest BCUT2D eigenvalue weighted by Crippen LogP contribution is 2.28. The van der Waals surface area contributed by atoms with Crippen molar-refractivity contribution in [3.8, 4) is 0 Å². The van der Waals surface area contributed by atoms with Gasteiger partial charge < -0.3 is 0 Å². The molecule has 26 heavy (non-hydrogen) atoms. The van der Waals surface area contributed by atoms with Gasteiger partial charge >= 0.3 is 0 Å². The molecule has 0 spiro atoms. The quantitative estimate of drug-likeness (QED) is 0.441. The second-order valence-electron chi connectivity index (χ2n) is 8.58. The smallest absolute Gasteiger partial charge is 0.0131 e. The SMILES string of the molecule is [CH]1C=Cc2cc3c(cc21)CCCCCCCCCCCCCCCCC3. The predicted octanol–water partition coefficient (Wildman–Crippen LogP) is 8.22. The van der Waals surface area contributed by atoms with Gasteiger partial charge in [-0.15, -0.1) is 0 Å². The standard InChI is InChI=1S/C26H39/c1-2-4-6-8-10-12-14-17-23-21-25-19-16-20-26(25)22-24(23)18-15-13-11-9-7-5-3-1/h16,19-22H,1-15,17-18H2. The van der Waals surface area contributed by atoms with Gasteiger partial charge in [0.1, 0.15) is 0 Å². The van der Waals surface area contributed by atoms with Crippen LogP contribution in [0.1, 0.15) is 119 Å². The zero-order valence-electron chi connectivity index (χ0n) is 16.9. The minimum Gasteiger partial charge on any atom is -0.0755 e. The molecule has 0 saturated carbocycles. The highest BCUT2D eigenvalue weighted by Gasteiger charge is 2.11. The Hall–Kier alpha value is -1.04. The van der Waals surface area contributed by atoms with Crippen molar-refractivity contribution in [3.05, 3.63) is 46.9 Å². The summed E-state index contributed by atoms with van der Waals surface area (Å²) in [6, 6.07) is 4.99. The maximum Gasteiger partial charge on any atom is 0.0131 e. The summed E-state index contributed by atoms with van der Waals surface area (Å²) in [5.74, 6) is 0. The summed E-state index contributed by atoms with van der Waals surface area (Å²) < 4.78 is 0. The van der Waals surface area contributed by atoms with Gasteiger partial charge in [-0.25, -0.2) is 0 Å². The van der Waals surface area contributed by atoms with Crippen molar-refractivity contribution < 1.29 is 0 Å². The molecule has 0 aliphatic heterocycles. The van der Waals surface area contributed by atoms with Gasteiger partial charge in [0.2, 0.25) is 0 Å². The summed E-state index contributed by atoms with van der Waals surface area (Å²) in [4.78, 5) is 0. The van der Waals surface area contributed by atoms with Crippen LogP contribution < -0.4 is 0 Å². The summed E-state index contributed by atoms with van der Waals surface area (Å²) in [5, 5.41) is 0. The second kappa shape index (κ2) is 11.6. The van der Waals surface area contributed by atoms with E-state index in [1.165, 1.54) is 120 Å². The average molecular weight is 352 g/mol. The van der Waals surface area contributed by atoms with E-state index < -0.39 is 0 Å². The van der Waals surface area contributed by atoms with Crippen molar-refractivity contribution in [1.82, 2.24) is 0 Å². The first-order valence-corrected chi connectivity index (χ1v) is 11.6. The normalized spacial score (nSPS) is 21.2. The van der Waals surface area contributed by atoms with Crippen LogP contribution in [0.15, 0.2) is 18.2 Å². The lowest BCUT2D eigenvalue weighted by molar-refractivity contribution is 0.532. The fourth-order valence-corrected chi connectivity index (χ4v) is 4.67. The first kappa shape index (κ1) is 19.7. The average Bonchev–Trinajstić information content (AvgIpc) is 3.10. The second-order valence-corrected chi connectivity index (χ2v) is 8.58. The van der Waals surface area contributed by atoms with Crippen molar-refractivity contribution in [2.24, 2.45) is 0 Å². The Morgan fingerprint density at radius 3 is 1.27 bits per heavy atom. The van der Waals surface area contributed by atoms with Gasteiger partial charge in [-0.1, -0.05) is 108 Å². The molecule has 0 nitrogen and oxygen atoms in total. The number of allylic oxidation sites excluding steroid dienone is 1. The molecule has 2 aliphatic carbocycles. The molecule has 0 N–H and O–H groups in total. The maximum absolute atomic E-state index is 2.49. The number of aryl methyl sites for hydroxylation is 2. The van der Waals surface area contributed by atoms with Crippen molar-refractivity contribution in [2.45, 2.75) is 109 Å². The first-order chi connectivity index (χ1) is 12.9. The van der Waals surface area contributed by atoms with Crippen LogP contribution in [0, 0.1) is 6.42 Å². The third-order valence-corrected chi connectivity index (χ3v) is 6.35. The Balaban J connectivity index is 1.55. The monoisotopic (exact) mass is 351 g/mol. The molecule has 0 atom stereocenters. The Bertz CT molecular complexity index is 551. The van der Waals surface area contributed by atoms with Gasteiger partial charge in [0.05, 0.1) is 0 Å². The summed E-state index contributed by atoms with van der Waals surface area (Å²) in [5.41, 5.74) is 6.17. The van der Waals surface area contributed by atoms with Crippen molar-refractivity contribution in [2.75, 3.05) is 0 Å². The van der Waals surface area contributed by atoms with Gasteiger partial charge in [-0.2, -0.15) is 0 Å². The van der Waals surface area contributed by atoms with Gasteiger partial charge in [0.25, 0.3) is 0 Å². The van der Waals surface area contributed by atoms with Crippen LogP contribution in [0.5, 0.6) is 0 Å². The molecule has 1 aromatic carbocycles. The van der Waals surface area contributed by atoms with E-state index in [4.69, 9.17) is 0 Å². The molecule has 0 bridgehead atoms. The zero-order valence-corrected chi connectivity index (χ0v) is 16.9. The molecule has 2 aliphatic rings. The molecule has 0 heteroatoms. The molecule has 0 fully saturated rings. The van der Waals surface area contributed by atoms with Crippen LogP contribution in [0.3, 0.4) is 0 Å². The molecule has 0 heterocycles. The highest BCUT2D eigenvalue weighted by atomic mass is 14.2. The van der Waals surface area contributed by atoms with E-state index in [-0.39, 0.29) is 0 Å². The van der Waals surface area contributed by atoms with Crippen molar-refractivity contribution >= 4 is 6.08 Å². The Kier molecular flexibility index (Phi) is 8.82. The summed E-state index contributed by atoms with van der Waals surface area (Å²) in [6.45, 7) is 0. The van der Waals surface area contributed by atoms with Gasteiger partial charge in [-0.05, 0) is 47.9 Å². The summed E-state index contributed by atoms with van der Waals surface area (Å²) in [7, 11) is 0. The fraction of sp³-hybridized carbons (Fsp3) is 0.654. The van der Waals surface area contributed by atoms with Gasteiger partial charge in [-0.3, -0.25) is 0 Å². The van der Waals surface area contributed by atoms with Crippen LogP contribution in [-0.4, -0.2) is 0 Å². The Labute approximate surface area is 162 Å². The minimum absolute atomic E-state index is 1.29. The summed E-state index contributed by atoms with van der Waals surface area (Å²) >= 11 is 0. The van der Waals surface area contributed by atoms with Gasteiger partial charge in [0.15, 0.2) is 0 Å². The number of rotatable bonds is 0.